The summed E-state index contributed by atoms with van der Waals surface area (Å²) in [6.07, 6.45) is 1.34. The van der Waals surface area contributed by atoms with E-state index in [9.17, 15) is 22.4 Å². The second-order valence-corrected chi connectivity index (χ2v) is 11.8. The summed E-state index contributed by atoms with van der Waals surface area (Å²) in [5.74, 6) is -0.566. The van der Waals surface area contributed by atoms with Gasteiger partial charge >= 0.3 is 0 Å². The summed E-state index contributed by atoms with van der Waals surface area (Å²) in [7, 11) is -0.234. The minimum Gasteiger partial charge on any atom is -0.495 e. The molecular formula is C32H30ClFN4O8S. The van der Waals surface area contributed by atoms with Crippen molar-refractivity contribution in [2.45, 2.75) is 4.90 Å². The molecule has 2 N–H and O–H groups in total. The van der Waals surface area contributed by atoms with Crippen LogP contribution in [0.25, 0.3) is 0 Å². The molecule has 0 aromatic heterocycles. The van der Waals surface area contributed by atoms with Crippen LogP contribution in [0, 0.1) is 5.82 Å². The van der Waals surface area contributed by atoms with Gasteiger partial charge in [-0.1, -0.05) is 11.6 Å². The number of hydrazone groups is 1. The highest BCUT2D eigenvalue weighted by molar-refractivity contribution is 7.92. The first kappa shape index (κ1) is 34.5. The Labute approximate surface area is 275 Å². The smallest absolute Gasteiger partial charge is 0.265 e. The van der Waals surface area contributed by atoms with Gasteiger partial charge in [0, 0.05) is 16.8 Å². The lowest BCUT2D eigenvalue weighted by Gasteiger charge is -2.25. The molecule has 0 bridgehead atoms. The number of anilines is 2. The van der Waals surface area contributed by atoms with Crippen molar-refractivity contribution in [1.82, 2.24) is 5.43 Å². The van der Waals surface area contributed by atoms with E-state index in [1.807, 2.05) is 0 Å². The molecule has 4 aromatic rings. The molecule has 0 aliphatic rings. The van der Waals surface area contributed by atoms with Crippen LogP contribution in [0.5, 0.6) is 23.0 Å². The molecule has 15 heteroatoms. The average Bonchev–Trinajstić information content (AvgIpc) is 3.07. The van der Waals surface area contributed by atoms with E-state index in [-0.39, 0.29) is 33.7 Å². The molecule has 4 rings (SSSR count). The van der Waals surface area contributed by atoms with Gasteiger partial charge in [0.25, 0.3) is 21.8 Å². The number of amides is 2. The Bertz CT molecular complexity index is 1860. The molecule has 0 saturated heterocycles. The largest absolute Gasteiger partial charge is 0.495 e. The quantitative estimate of drug-likeness (QED) is 0.141. The topological polar surface area (TPSA) is 145 Å². The second-order valence-electron chi connectivity index (χ2n) is 9.55. The zero-order chi connectivity index (χ0) is 34.0. The standard InChI is InChI=1S/C32H30ClFN4O8S/c1-43-28-14-6-22(33)16-27(28)38(47(41,42)26-13-15-29(44-2)30(17-26)45-3)19-31(39)37-35-18-21-4-11-25(12-5-21)46-20-32(40)36-24-9-7-23(34)8-10-24/h4-18H,19-20H2,1-3H3,(H,36,40)(H,37,39)/b35-18+. The fourth-order valence-corrected chi connectivity index (χ4v) is 5.74. The van der Waals surface area contributed by atoms with Crippen LogP contribution in [0.1, 0.15) is 5.56 Å². The number of carbonyl (C=O) groups excluding carboxylic acids is 2. The van der Waals surface area contributed by atoms with E-state index in [1.165, 1.54) is 88.2 Å². The number of sulfonamides is 1. The molecule has 0 saturated carbocycles. The summed E-state index contributed by atoms with van der Waals surface area (Å²) >= 11 is 6.20. The Morgan fingerprint density at radius 2 is 1.51 bits per heavy atom. The van der Waals surface area contributed by atoms with Gasteiger partial charge in [0.2, 0.25) is 0 Å². The Kier molecular flexibility index (Phi) is 11.6. The highest BCUT2D eigenvalue weighted by Gasteiger charge is 2.30. The third-order valence-corrected chi connectivity index (χ3v) is 8.41. The molecular weight excluding hydrogens is 655 g/mol. The molecule has 0 atom stereocenters. The molecule has 246 valence electrons. The Hall–Kier alpha value is -5.34. The number of hydrogen-bond donors (Lipinski definition) is 2. The van der Waals surface area contributed by atoms with Gasteiger partial charge in [0.15, 0.2) is 18.1 Å². The van der Waals surface area contributed by atoms with Crippen molar-refractivity contribution in [3.05, 3.63) is 101 Å². The van der Waals surface area contributed by atoms with Gasteiger partial charge in [-0.15, -0.1) is 0 Å². The molecule has 0 spiro atoms. The van der Waals surface area contributed by atoms with Crippen molar-refractivity contribution >= 4 is 51.0 Å². The van der Waals surface area contributed by atoms with Gasteiger partial charge in [-0.2, -0.15) is 5.10 Å². The third kappa shape index (κ3) is 9.11. The maximum Gasteiger partial charge on any atom is 0.265 e. The Morgan fingerprint density at radius 1 is 0.851 bits per heavy atom. The molecule has 2 amide bonds. The number of carbonyl (C=O) groups is 2. The zero-order valence-electron chi connectivity index (χ0n) is 25.4. The SMILES string of the molecule is COc1ccc(S(=O)(=O)N(CC(=O)N/N=C/c2ccc(OCC(=O)Nc3ccc(F)cc3)cc2)c2cc(Cl)ccc2OC)cc1OC. The van der Waals surface area contributed by atoms with E-state index in [2.05, 4.69) is 15.8 Å². The number of nitrogens with zero attached hydrogens (tertiary/aromatic N) is 2. The van der Waals surface area contributed by atoms with Crippen LogP contribution in [-0.4, -0.2) is 60.9 Å². The first-order chi connectivity index (χ1) is 22.5. The normalized spacial score (nSPS) is 11.1. The highest BCUT2D eigenvalue weighted by Crippen LogP contribution is 2.37. The molecule has 0 radical (unpaired) electrons. The average molecular weight is 685 g/mol. The number of halogens is 2. The van der Waals surface area contributed by atoms with E-state index >= 15 is 0 Å². The lowest BCUT2D eigenvalue weighted by Crippen LogP contribution is -2.39. The third-order valence-electron chi connectivity index (χ3n) is 6.42. The summed E-state index contributed by atoms with van der Waals surface area (Å²) in [4.78, 5) is 25.0. The van der Waals surface area contributed by atoms with E-state index in [0.717, 1.165) is 4.31 Å². The van der Waals surface area contributed by atoms with Crippen LogP contribution in [-0.2, 0) is 19.6 Å². The van der Waals surface area contributed by atoms with Crippen molar-refractivity contribution in [3.8, 4) is 23.0 Å². The van der Waals surface area contributed by atoms with Crippen LogP contribution < -0.4 is 34.0 Å². The summed E-state index contributed by atoms with van der Waals surface area (Å²) in [5, 5.41) is 6.75. The summed E-state index contributed by atoms with van der Waals surface area (Å²) in [5.41, 5.74) is 3.35. The van der Waals surface area contributed by atoms with Crippen molar-refractivity contribution in [2.24, 2.45) is 5.10 Å². The zero-order valence-corrected chi connectivity index (χ0v) is 27.0. The van der Waals surface area contributed by atoms with Crippen LogP contribution in [0.15, 0.2) is 94.9 Å². The monoisotopic (exact) mass is 684 g/mol. The lowest BCUT2D eigenvalue weighted by molar-refractivity contribution is -0.119. The summed E-state index contributed by atoms with van der Waals surface area (Å²) in [6.45, 7) is -0.960. The maximum atomic E-state index is 13.9. The predicted octanol–water partition coefficient (Wildman–Crippen LogP) is 4.87. The lowest BCUT2D eigenvalue weighted by atomic mass is 10.2. The van der Waals surface area contributed by atoms with E-state index in [1.54, 1.807) is 24.3 Å². The minimum absolute atomic E-state index is 0.0239. The number of benzene rings is 4. The fraction of sp³-hybridized carbons (Fsp3) is 0.156. The summed E-state index contributed by atoms with van der Waals surface area (Å²) in [6, 6.07) is 20.2. The van der Waals surface area contributed by atoms with Crippen molar-refractivity contribution in [2.75, 3.05) is 44.1 Å². The van der Waals surface area contributed by atoms with Crippen LogP contribution in [0.3, 0.4) is 0 Å². The number of ether oxygens (including phenoxy) is 4. The first-order valence-corrected chi connectivity index (χ1v) is 15.5. The molecule has 0 unspecified atom stereocenters. The van der Waals surface area contributed by atoms with Gasteiger partial charge in [0.1, 0.15) is 23.9 Å². The molecule has 0 aliphatic heterocycles. The number of rotatable bonds is 14. The molecule has 4 aromatic carbocycles. The van der Waals surface area contributed by atoms with Gasteiger partial charge in [-0.3, -0.25) is 13.9 Å². The second kappa shape index (κ2) is 15.8. The molecule has 0 fully saturated rings. The molecule has 0 heterocycles. The Morgan fingerprint density at radius 3 is 2.17 bits per heavy atom. The first-order valence-electron chi connectivity index (χ1n) is 13.7. The van der Waals surface area contributed by atoms with Gasteiger partial charge < -0.3 is 24.3 Å². The van der Waals surface area contributed by atoms with Crippen molar-refractivity contribution in [1.29, 1.82) is 0 Å². The van der Waals surface area contributed by atoms with Crippen LogP contribution >= 0.6 is 11.6 Å². The Balaban J connectivity index is 1.44. The van der Waals surface area contributed by atoms with Gasteiger partial charge in [0.05, 0.1) is 38.1 Å². The van der Waals surface area contributed by atoms with E-state index < -0.39 is 34.2 Å². The van der Waals surface area contributed by atoms with Crippen LogP contribution in [0.4, 0.5) is 15.8 Å². The highest BCUT2D eigenvalue weighted by atomic mass is 35.5. The van der Waals surface area contributed by atoms with Gasteiger partial charge in [-0.25, -0.2) is 18.2 Å². The fourth-order valence-electron chi connectivity index (χ4n) is 4.14. The maximum absolute atomic E-state index is 13.9. The minimum atomic E-state index is -4.38. The van der Waals surface area contributed by atoms with Crippen LogP contribution in [0.2, 0.25) is 5.02 Å². The van der Waals surface area contributed by atoms with Crippen molar-refractivity contribution in [3.63, 3.8) is 0 Å². The van der Waals surface area contributed by atoms with E-state index in [0.29, 0.717) is 22.7 Å². The van der Waals surface area contributed by atoms with Gasteiger partial charge in [-0.05, 0) is 84.4 Å². The summed E-state index contributed by atoms with van der Waals surface area (Å²) < 4.78 is 63.0. The molecule has 47 heavy (non-hydrogen) atoms. The predicted molar refractivity (Wildman–Crippen MR) is 175 cm³/mol. The number of methoxy groups -OCH3 is 3. The molecule has 0 aliphatic carbocycles. The van der Waals surface area contributed by atoms with E-state index in [4.69, 9.17) is 30.5 Å². The number of hydrogen-bond acceptors (Lipinski definition) is 9. The number of nitrogens with one attached hydrogen (secondary N) is 2. The van der Waals surface area contributed by atoms with Crippen molar-refractivity contribution < 1.29 is 41.3 Å². The molecule has 12 nitrogen and oxygen atoms in total.